The average Bonchev–Trinajstić information content (AvgIpc) is 2.95. The smallest absolute Gasteiger partial charge is 0.0665 e. The molecule has 0 aliphatic heterocycles. The van der Waals surface area contributed by atoms with E-state index in [1.807, 2.05) is 0 Å². The second-order valence-corrected chi connectivity index (χ2v) is 5.26. The van der Waals surface area contributed by atoms with Crippen LogP contribution in [0.4, 0.5) is 0 Å². The van der Waals surface area contributed by atoms with E-state index in [2.05, 4.69) is 38.1 Å². The van der Waals surface area contributed by atoms with Crippen molar-refractivity contribution in [2.45, 2.75) is 37.7 Å². The molecule has 0 bridgehead atoms. The van der Waals surface area contributed by atoms with Gasteiger partial charge in [0.15, 0.2) is 0 Å². The third kappa shape index (κ3) is 0.885. The highest BCUT2D eigenvalue weighted by Gasteiger charge is 2.54. The molecule has 0 spiro atoms. The van der Waals surface area contributed by atoms with Crippen molar-refractivity contribution < 1.29 is 5.11 Å². The van der Waals surface area contributed by atoms with E-state index >= 15 is 0 Å². The molecular weight excluding hydrogens is 172 g/mol. The zero-order chi connectivity index (χ0) is 9.92. The van der Waals surface area contributed by atoms with Gasteiger partial charge in [0.05, 0.1) is 6.10 Å². The van der Waals surface area contributed by atoms with E-state index in [-0.39, 0.29) is 11.5 Å². The first kappa shape index (κ1) is 8.49. The fraction of sp³-hybridized carbons (Fsp3) is 0.538. The number of rotatable bonds is 0. The van der Waals surface area contributed by atoms with Crippen molar-refractivity contribution in [3.05, 3.63) is 35.4 Å². The first-order valence-electron chi connectivity index (χ1n) is 5.40. The third-order valence-corrected chi connectivity index (χ3v) is 4.04. The molecular formula is C13H16O. The maximum absolute atomic E-state index is 10.2. The Kier molecular flexibility index (Phi) is 1.46. The summed E-state index contributed by atoms with van der Waals surface area (Å²) in [5.74, 6) is 1.18. The van der Waals surface area contributed by atoms with Gasteiger partial charge >= 0.3 is 0 Å². The molecule has 1 aromatic carbocycles. The Labute approximate surface area is 84.8 Å². The van der Waals surface area contributed by atoms with Gasteiger partial charge in [-0.05, 0) is 29.4 Å². The second kappa shape index (κ2) is 2.40. The Bertz CT molecular complexity index is 381. The number of aliphatic hydroxyl groups excluding tert-OH is 1. The molecule has 14 heavy (non-hydrogen) atoms. The molecule has 74 valence electrons. The molecule has 1 nitrogen and oxygen atoms in total. The Morgan fingerprint density at radius 3 is 2.79 bits per heavy atom. The highest BCUT2D eigenvalue weighted by atomic mass is 16.3. The molecule has 0 radical (unpaired) electrons. The normalized spacial score (nSPS) is 37.2. The summed E-state index contributed by atoms with van der Waals surface area (Å²) in [4.78, 5) is 0. The van der Waals surface area contributed by atoms with Crippen molar-refractivity contribution in [1.82, 2.24) is 0 Å². The Balaban J connectivity index is 2.21. The zero-order valence-corrected chi connectivity index (χ0v) is 8.70. The molecule has 0 heterocycles. The van der Waals surface area contributed by atoms with Crippen LogP contribution >= 0.6 is 0 Å². The quantitative estimate of drug-likeness (QED) is 0.663. The van der Waals surface area contributed by atoms with Crippen molar-refractivity contribution in [2.75, 3.05) is 0 Å². The molecule has 3 atom stereocenters. The number of benzene rings is 1. The van der Waals surface area contributed by atoms with Gasteiger partial charge in [0.2, 0.25) is 0 Å². The molecule has 0 aromatic heterocycles. The highest BCUT2D eigenvalue weighted by molar-refractivity contribution is 5.44. The average molecular weight is 188 g/mol. The summed E-state index contributed by atoms with van der Waals surface area (Å²) in [7, 11) is 0. The zero-order valence-electron chi connectivity index (χ0n) is 8.70. The number of hydrogen-bond donors (Lipinski definition) is 1. The molecule has 0 amide bonds. The summed E-state index contributed by atoms with van der Waals surface area (Å²) in [6, 6.07) is 8.60. The molecule has 1 fully saturated rings. The van der Waals surface area contributed by atoms with Gasteiger partial charge in [-0.15, -0.1) is 0 Å². The van der Waals surface area contributed by atoms with Gasteiger partial charge in [-0.1, -0.05) is 38.1 Å². The van der Waals surface area contributed by atoms with Gasteiger partial charge in [0.1, 0.15) is 0 Å². The predicted molar refractivity (Wildman–Crippen MR) is 56.3 cm³/mol. The molecule has 1 heteroatoms. The molecule has 0 unspecified atom stereocenters. The largest absolute Gasteiger partial charge is 0.392 e. The minimum absolute atomic E-state index is 0.0613. The highest BCUT2D eigenvalue weighted by Crippen LogP contribution is 2.59. The van der Waals surface area contributed by atoms with E-state index in [1.54, 1.807) is 0 Å². The van der Waals surface area contributed by atoms with Gasteiger partial charge in [0, 0.05) is 5.41 Å². The van der Waals surface area contributed by atoms with E-state index in [4.69, 9.17) is 0 Å². The minimum atomic E-state index is -0.151. The number of fused-ring (bicyclic) bond motifs is 3. The van der Waals surface area contributed by atoms with Crippen LogP contribution in [0.25, 0.3) is 0 Å². The Morgan fingerprint density at radius 2 is 2.00 bits per heavy atom. The van der Waals surface area contributed by atoms with Crippen LogP contribution in [0.1, 0.15) is 37.3 Å². The summed E-state index contributed by atoms with van der Waals surface area (Å²) >= 11 is 0. The number of hydrogen-bond acceptors (Lipinski definition) is 1. The topological polar surface area (TPSA) is 20.2 Å². The van der Waals surface area contributed by atoms with E-state index in [0.29, 0.717) is 11.8 Å². The van der Waals surface area contributed by atoms with Gasteiger partial charge in [-0.25, -0.2) is 0 Å². The van der Waals surface area contributed by atoms with Crippen LogP contribution in [-0.2, 0) is 5.41 Å². The maximum atomic E-state index is 10.2. The summed E-state index contributed by atoms with van der Waals surface area (Å²) in [5.41, 5.74) is 2.77. The molecule has 0 saturated heterocycles. The Morgan fingerprint density at radius 1 is 1.29 bits per heavy atom. The lowest BCUT2D eigenvalue weighted by atomic mass is 9.71. The first-order valence-corrected chi connectivity index (χ1v) is 5.40. The van der Waals surface area contributed by atoms with Crippen LogP contribution in [-0.4, -0.2) is 11.2 Å². The van der Waals surface area contributed by atoms with Crippen LogP contribution in [0, 0.1) is 5.92 Å². The van der Waals surface area contributed by atoms with Crippen molar-refractivity contribution in [1.29, 1.82) is 0 Å². The van der Waals surface area contributed by atoms with E-state index in [1.165, 1.54) is 17.5 Å². The summed E-state index contributed by atoms with van der Waals surface area (Å²) in [5, 5.41) is 10.2. The van der Waals surface area contributed by atoms with Crippen LogP contribution in [0.3, 0.4) is 0 Å². The molecule has 2 aliphatic carbocycles. The van der Waals surface area contributed by atoms with Crippen molar-refractivity contribution in [3.8, 4) is 0 Å². The molecule has 1 aromatic rings. The van der Waals surface area contributed by atoms with E-state index in [9.17, 15) is 5.11 Å². The van der Waals surface area contributed by atoms with Crippen LogP contribution in [0.5, 0.6) is 0 Å². The van der Waals surface area contributed by atoms with Crippen LogP contribution in [0.2, 0.25) is 0 Å². The van der Waals surface area contributed by atoms with Crippen molar-refractivity contribution in [2.24, 2.45) is 5.92 Å². The lowest BCUT2D eigenvalue weighted by Gasteiger charge is -2.37. The van der Waals surface area contributed by atoms with Crippen LogP contribution < -0.4 is 0 Å². The maximum Gasteiger partial charge on any atom is 0.0665 e. The molecule has 2 aliphatic rings. The first-order chi connectivity index (χ1) is 6.62. The lowest BCUT2D eigenvalue weighted by Crippen LogP contribution is -2.39. The van der Waals surface area contributed by atoms with Crippen molar-refractivity contribution >= 4 is 0 Å². The summed E-state index contributed by atoms with van der Waals surface area (Å²) in [6.07, 6.45) is 1.03. The molecule has 1 saturated carbocycles. The standard InChI is InChI=1S/C13H16O/c1-13(2)11-6-4-3-5-8(11)9-7-10(9)12(13)14/h3-6,9-10,12,14H,7H2,1-2H3/t9-,10-,12-/m0/s1. The number of aliphatic hydroxyl groups is 1. The summed E-state index contributed by atoms with van der Waals surface area (Å²) in [6.45, 7) is 4.32. The minimum Gasteiger partial charge on any atom is -0.392 e. The lowest BCUT2D eigenvalue weighted by molar-refractivity contribution is 0.0706. The van der Waals surface area contributed by atoms with E-state index < -0.39 is 0 Å². The fourth-order valence-corrected chi connectivity index (χ4v) is 3.02. The predicted octanol–water partition coefficient (Wildman–Crippen LogP) is 2.44. The van der Waals surface area contributed by atoms with Gasteiger partial charge in [-0.2, -0.15) is 0 Å². The summed E-state index contributed by atoms with van der Waals surface area (Å²) < 4.78 is 0. The monoisotopic (exact) mass is 188 g/mol. The van der Waals surface area contributed by atoms with E-state index in [0.717, 1.165) is 0 Å². The third-order valence-electron chi connectivity index (χ3n) is 4.04. The fourth-order valence-electron chi connectivity index (χ4n) is 3.02. The second-order valence-electron chi connectivity index (χ2n) is 5.26. The molecule has 1 N–H and O–H groups in total. The SMILES string of the molecule is CC1(C)c2ccccc2[C@@H]2C[C@@H]2[C@@H]1O. The van der Waals surface area contributed by atoms with Crippen molar-refractivity contribution in [3.63, 3.8) is 0 Å². The van der Waals surface area contributed by atoms with Gasteiger partial charge < -0.3 is 5.11 Å². The van der Waals surface area contributed by atoms with Gasteiger partial charge in [0.25, 0.3) is 0 Å². The van der Waals surface area contributed by atoms with Gasteiger partial charge in [-0.3, -0.25) is 0 Å². The van der Waals surface area contributed by atoms with Crippen LogP contribution in [0.15, 0.2) is 24.3 Å². The Hall–Kier alpha value is -0.820. The molecule has 3 rings (SSSR count).